The number of thiazole rings is 1. The zero-order valence-corrected chi connectivity index (χ0v) is 25.9. The van der Waals surface area contributed by atoms with E-state index in [0.29, 0.717) is 25.6 Å². The van der Waals surface area contributed by atoms with Crippen LogP contribution in [0.4, 0.5) is 0 Å². The van der Waals surface area contributed by atoms with Crippen molar-refractivity contribution in [1.82, 2.24) is 9.13 Å². The first-order valence-corrected chi connectivity index (χ1v) is 14.8. The summed E-state index contributed by atoms with van der Waals surface area (Å²) in [4.78, 5) is 32.2. The monoisotopic (exact) mass is 671 g/mol. The number of carbonyl (C=O) groups excluding carboxylic acids is 1. The molecule has 1 aliphatic heterocycles. The van der Waals surface area contributed by atoms with Gasteiger partial charge in [-0.05, 0) is 110 Å². The van der Waals surface area contributed by atoms with E-state index in [1.165, 1.54) is 20.5 Å². The van der Waals surface area contributed by atoms with Gasteiger partial charge in [0.05, 0.1) is 28.5 Å². The average molecular weight is 672 g/mol. The molecule has 0 saturated carbocycles. The largest absolute Gasteiger partial charge is 0.463 e. The third-order valence-electron chi connectivity index (χ3n) is 6.87. The van der Waals surface area contributed by atoms with Gasteiger partial charge in [-0.3, -0.25) is 9.36 Å². The van der Waals surface area contributed by atoms with Crippen molar-refractivity contribution in [2.24, 2.45) is 4.99 Å². The number of carbonyl (C=O) groups is 1. The molecule has 4 aromatic rings. The van der Waals surface area contributed by atoms with Gasteiger partial charge in [-0.15, -0.1) is 0 Å². The minimum atomic E-state index is -0.665. The van der Waals surface area contributed by atoms with E-state index in [1.54, 1.807) is 30.5 Å². The molecular weight excluding hydrogens is 645 g/mol. The number of benzene rings is 2. The first-order valence-electron chi connectivity index (χ1n) is 12.5. The van der Waals surface area contributed by atoms with E-state index >= 15 is 0 Å². The fraction of sp³-hybridized carbons (Fsp3) is 0.233. The first-order chi connectivity index (χ1) is 18.6. The number of rotatable bonds is 5. The Morgan fingerprint density at radius 2 is 1.85 bits per heavy atom. The van der Waals surface area contributed by atoms with Crippen LogP contribution in [0.25, 0.3) is 11.8 Å². The highest BCUT2D eigenvalue weighted by atomic mass is 127. The Balaban J connectivity index is 1.68. The van der Waals surface area contributed by atoms with E-state index in [4.69, 9.17) is 16.3 Å². The van der Waals surface area contributed by atoms with Crippen molar-refractivity contribution >= 4 is 57.6 Å². The summed E-state index contributed by atoms with van der Waals surface area (Å²) in [6.45, 7) is 9.98. The van der Waals surface area contributed by atoms with E-state index in [1.807, 2.05) is 18.2 Å². The van der Waals surface area contributed by atoms with Crippen LogP contribution in [0.2, 0.25) is 5.02 Å². The molecular formula is C30H27ClIN3O3S. The number of aromatic nitrogens is 2. The molecule has 0 fully saturated rings. The van der Waals surface area contributed by atoms with Crippen LogP contribution in [-0.2, 0) is 9.53 Å². The molecule has 0 amide bonds. The minimum absolute atomic E-state index is 0.206. The lowest BCUT2D eigenvalue weighted by molar-refractivity contribution is -0.139. The molecule has 3 heterocycles. The van der Waals surface area contributed by atoms with Gasteiger partial charge >= 0.3 is 5.97 Å². The fourth-order valence-corrected chi connectivity index (χ4v) is 6.61. The number of fused-ring (bicyclic) bond motifs is 1. The summed E-state index contributed by atoms with van der Waals surface area (Å²) in [6, 6.07) is 15.0. The zero-order chi connectivity index (χ0) is 28.0. The van der Waals surface area contributed by atoms with Crippen molar-refractivity contribution in [1.29, 1.82) is 0 Å². The molecule has 0 aliphatic carbocycles. The van der Waals surface area contributed by atoms with Gasteiger partial charge in [0.1, 0.15) is 0 Å². The van der Waals surface area contributed by atoms with Crippen molar-refractivity contribution in [3.8, 4) is 5.69 Å². The Kier molecular flexibility index (Phi) is 7.72. The van der Waals surface area contributed by atoms with E-state index in [9.17, 15) is 9.59 Å². The third-order valence-corrected chi connectivity index (χ3v) is 9.27. The van der Waals surface area contributed by atoms with Crippen LogP contribution in [-0.4, -0.2) is 21.7 Å². The molecule has 200 valence electrons. The van der Waals surface area contributed by atoms with E-state index in [0.717, 1.165) is 28.2 Å². The summed E-state index contributed by atoms with van der Waals surface area (Å²) in [6.07, 6.45) is 1.92. The summed E-state index contributed by atoms with van der Waals surface area (Å²) < 4.78 is 10.9. The second-order valence-electron chi connectivity index (χ2n) is 9.45. The highest BCUT2D eigenvalue weighted by Gasteiger charge is 2.33. The molecule has 0 radical (unpaired) electrons. The van der Waals surface area contributed by atoms with Gasteiger partial charge in [0, 0.05) is 25.7 Å². The lowest BCUT2D eigenvalue weighted by Crippen LogP contribution is -2.39. The van der Waals surface area contributed by atoms with E-state index in [-0.39, 0.29) is 12.2 Å². The number of ether oxygens (including phenoxy) is 1. The molecule has 0 bridgehead atoms. The Labute approximate surface area is 249 Å². The van der Waals surface area contributed by atoms with Gasteiger partial charge in [-0.1, -0.05) is 41.1 Å². The zero-order valence-electron chi connectivity index (χ0n) is 22.2. The topological polar surface area (TPSA) is 65.6 Å². The summed E-state index contributed by atoms with van der Waals surface area (Å²) in [5.74, 6) is -0.482. The normalized spacial score (nSPS) is 15.4. The highest BCUT2D eigenvalue weighted by Crippen LogP contribution is 2.31. The molecule has 6 nitrogen and oxygen atoms in total. The van der Waals surface area contributed by atoms with Gasteiger partial charge in [0.2, 0.25) is 0 Å². The van der Waals surface area contributed by atoms with E-state index in [2.05, 4.69) is 77.2 Å². The van der Waals surface area contributed by atoms with Crippen molar-refractivity contribution < 1.29 is 9.53 Å². The number of esters is 1. The molecule has 2 aromatic heterocycles. The van der Waals surface area contributed by atoms with Gasteiger partial charge in [-0.2, -0.15) is 0 Å². The van der Waals surface area contributed by atoms with Crippen LogP contribution in [0.1, 0.15) is 48.0 Å². The number of hydrogen-bond acceptors (Lipinski definition) is 5. The molecule has 9 heteroatoms. The number of halogens is 2. The van der Waals surface area contributed by atoms with Crippen LogP contribution in [0.5, 0.6) is 0 Å². The van der Waals surface area contributed by atoms with Crippen LogP contribution in [0.3, 0.4) is 0 Å². The summed E-state index contributed by atoms with van der Waals surface area (Å²) in [5.41, 5.74) is 6.83. The molecule has 1 aliphatic rings. The Hall–Kier alpha value is -2.95. The Bertz CT molecular complexity index is 1830. The van der Waals surface area contributed by atoms with E-state index < -0.39 is 12.0 Å². The van der Waals surface area contributed by atoms with Crippen molar-refractivity contribution in [3.05, 3.63) is 116 Å². The number of nitrogens with zero attached hydrogens (tertiary/aromatic N) is 3. The number of aryl methyl sites for hydroxylation is 2. The van der Waals surface area contributed by atoms with Gasteiger partial charge in [0.25, 0.3) is 5.56 Å². The number of hydrogen-bond donors (Lipinski definition) is 0. The molecule has 0 spiro atoms. The predicted molar refractivity (Wildman–Crippen MR) is 165 cm³/mol. The highest BCUT2D eigenvalue weighted by molar-refractivity contribution is 14.1. The maximum atomic E-state index is 13.9. The standard InChI is InChI=1S/C30H27ClIN3O3S/c1-6-38-29(37)26-18(4)33-30-35(27(26)20-8-10-22(31)11-9-20)28(36)25(39-30)14-21-13-17(3)34(19(21)5)23-12-7-16(2)24(32)15-23/h7-15,27H,6H2,1-5H3/b25-14+/t27-/m0/s1. The van der Waals surface area contributed by atoms with Gasteiger partial charge < -0.3 is 9.30 Å². The van der Waals surface area contributed by atoms with Crippen LogP contribution < -0.4 is 14.9 Å². The van der Waals surface area contributed by atoms with Crippen LogP contribution >= 0.6 is 45.5 Å². The third kappa shape index (κ3) is 5.05. The van der Waals surface area contributed by atoms with Gasteiger partial charge in [-0.25, -0.2) is 9.79 Å². The molecule has 0 saturated heterocycles. The Morgan fingerprint density at radius 1 is 1.13 bits per heavy atom. The smallest absolute Gasteiger partial charge is 0.338 e. The van der Waals surface area contributed by atoms with Gasteiger partial charge in [0.15, 0.2) is 4.80 Å². The maximum absolute atomic E-state index is 13.9. The van der Waals surface area contributed by atoms with Crippen LogP contribution in [0.15, 0.2) is 69.6 Å². The second kappa shape index (κ2) is 10.9. The molecule has 0 N–H and O–H groups in total. The molecule has 5 rings (SSSR count). The molecule has 0 unspecified atom stereocenters. The fourth-order valence-electron chi connectivity index (χ4n) is 4.95. The molecule has 2 aromatic carbocycles. The van der Waals surface area contributed by atoms with Crippen LogP contribution in [0, 0.1) is 24.3 Å². The maximum Gasteiger partial charge on any atom is 0.338 e. The van der Waals surface area contributed by atoms with Crippen molar-refractivity contribution in [3.63, 3.8) is 0 Å². The predicted octanol–water partition coefficient (Wildman–Crippen LogP) is 5.77. The SMILES string of the molecule is CCOC(=O)C1=C(C)N=c2s/c(=C/c3cc(C)n(-c4ccc(C)c(I)c4)c3C)c(=O)n2[C@H]1c1ccc(Cl)cc1. The second-order valence-corrected chi connectivity index (χ2v) is 12.1. The van der Waals surface area contributed by atoms with Crippen molar-refractivity contribution in [2.45, 2.75) is 40.7 Å². The quantitative estimate of drug-likeness (QED) is 0.200. The number of allylic oxidation sites excluding steroid dienone is 1. The summed E-state index contributed by atoms with van der Waals surface area (Å²) in [7, 11) is 0. The summed E-state index contributed by atoms with van der Waals surface area (Å²) in [5, 5.41) is 0.572. The molecule has 39 heavy (non-hydrogen) atoms. The first kappa shape index (κ1) is 27.6. The average Bonchev–Trinajstić information content (AvgIpc) is 3.35. The minimum Gasteiger partial charge on any atom is -0.463 e. The molecule has 1 atom stereocenters. The lowest BCUT2D eigenvalue weighted by Gasteiger charge is -2.24. The van der Waals surface area contributed by atoms with Crippen molar-refractivity contribution in [2.75, 3.05) is 6.61 Å². The summed E-state index contributed by atoms with van der Waals surface area (Å²) >= 11 is 9.82. The lowest BCUT2D eigenvalue weighted by atomic mass is 9.96. The Morgan fingerprint density at radius 3 is 2.51 bits per heavy atom.